The molecule has 4 N–H and O–H groups in total. The number of ether oxygens (including phenoxy) is 1. The lowest BCUT2D eigenvalue weighted by Gasteiger charge is -2.37. The van der Waals surface area contributed by atoms with Crippen LogP contribution in [0.5, 0.6) is 5.75 Å². The van der Waals surface area contributed by atoms with Gasteiger partial charge in [-0.3, -0.25) is 23.7 Å². The van der Waals surface area contributed by atoms with Crippen molar-refractivity contribution >= 4 is 41.0 Å². The van der Waals surface area contributed by atoms with Crippen molar-refractivity contribution in [2.45, 2.75) is 32.7 Å². The Kier molecular flexibility index (Phi) is 10.2. The fraction of sp³-hybridized carbons (Fsp3) is 0.448. The highest BCUT2D eigenvalue weighted by Gasteiger charge is 2.33. The monoisotopic (exact) mass is 710 g/mol. The van der Waals surface area contributed by atoms with Crippen molar-refractivity contribution in [3.63, 3.8) is 0 Å². The van der Waals surface area contributed by atoms with Crippen molar-refractivity contribution in [2.24, 2.45) is 0 Å². The molecule has 49 heavy (non-hydrogen) atoms. The number of aromatic amines is 1. The van der Waals surface area contributed by atoms with E-state index in [0.29, 0.717) is 17.7 Å². The molecule has 0 bridgehead atoms. The van der Waals surface area contributed by atoms with Gasteiger partial charge < -0.3 is 35.2 Å². The van der Waals surface area contributed by atoms with Gasteiger partial charge in [-0.2, -0.15) is 13.2 Å². The molecule has 4 heterocycles. The number of hydrogen-bond donors (Lipinski definition) is 4. The number of amides is 2. The third kappa shape index (κ3) is 7.51. The van der Waals surface area contributed by atoms with E-state index in [0.717, 1.165) is 16.9 Å². The lowest BCUT2D eigenvalue weighted by Crippen LogP contribution is -2.51. The number of fused-ring (bicyclic) bond motifs is 1. The number of aromatic nitrogens is 5. The molecule has 2 aliphatic heterocycles. The molecule has 2 aromatic heterocycles. The van der Waals surface area contributed by atoms with Crippen molar-refractivity contribution in [1.29, 1.82) is 0 Å². The zero-order chi connectivity index (χ0) is 35.6. The van der Waals surface area contributed by atoms with Gasteiger partial charge in [-0.05, 0) is 24.6 Å². The summed E-state index contributed by atoms with van der Waals surface area (Å²) in [6.07, 6.45) is -4.35. The van der Waals surface area contributed by atoms with E-state index in [2.05, 4.69) is 25.8 Å². The van der Waals surface area contributed by atoms with Crippen LogP contribution in [0.2, 0.25) is 5.02 Å². The van der Waals surface area contributed by atoms with Crippen LogP contribution in [-0.4, -0.2) is 111 Å². The SMILES string of the molecule is CC/C(NCC(=O)Nc1ccc(C(F)(F)F)cc1Cl)=C(/C(=O)n1nc(N(C)C)[nH]1)N1CCN(C(=O)c2nc3n(c(=O)c2O)CCOC3)CC1. The molecular weight excluding hydrogens is 677 g/mol. The molecule has 5 rings (SSSR count). The number of nitrogens with one attached hydrogen (secondary N) is 3. The Labute approximate surface area is 282 Å². The number of halogens is 4. The number of anilines is 2. The van der Waals surface area contributed by atoms with E-state index in [-0.39, 0.29) is 86.8 Å². The highest BCUT2D eigenvalue weighted by atomic mass is 35.5. The van der Waals surface area contributed by atoms with Crippen molar-refractivity contribution in [3.8, 4) is 5.75 Å². The third-order valence-electron chi connectivity index (χ3n) is 7.89. The van der Waals surface area contributed by atoms with Crippen molar-refractivity contribution in [1.82, 2.24) is 39.7 Å². The molecule has 0 unspecified atom stereocenters. The molecule has 16 nitrogen and oxygen atoms in total. The second kappa shape index (κ2) is 14.2. The van der Waals surface area contributed by atoms with Crippen molar-refractivity contribution < 1.29 is 37.4 Å². The first-order valence-electron chi connectivity index (χ1n) is 15.1. The highest BCUT2D eigenvalue weighted by molar-refractivity contribution is 6.33. The first-order valence-corrected chi connectivity index (χ1v) is 15.5. The van der Waals surface area contributed by atoms with Gasteiger partial charge in [0.15, 0.2) is 5.69 Å². The number of allylic oxidation sites excluding steroid dienone is 2. The molecular formula is C29H34ClF3N10O6. The van der Waals surface area contributed by atoms with Crippen LogP contribution in [0.4, 0.5) is 24.8 Å². The number of hydrogen-bond acceptors (Lipinski definition) is 11. The maximum atomic E-state index is 13.8. The Morgan fingerprint density at radius 1 is 1.12 bits per heavy atom. The molecule has 1 fully saturated rings. The van der Waals surface area contributed by atoms with E-state index < -0.39 is 40.8 Å². The van der Waals surface area contributed by atoms with E-state index in [1.807, 2.05) is 0 Å². The fourth-order valence-electron chi connectivity index (χ4n) is 5.26. The van der Waals surface area contributed by atoms with E-state index in [9.17, 15) is 37.5 Å². The Bertz CT molecular complexity index is 1830. The summed E-state index contributed by atoms with van der Waals surface area (Å²) in [6, 6.07) is 2.56. The Balaban J connectivity index is 1.33. The van der Waals surface area contributed by atoms with Crippen LogP contribution in [-0.2, 0) is 28.9 Å². The summed E-state index contributed by atoms with van der Waals surface area (Å²) in [6.45, 7) is 2.38. The normalized spacial score (nSPS) is 15.4. The Hall–Kier alpha value is -5.04. The second-order valence-electron chi connectivity index (χ2n) is 11.3. The molecule has 2 amide bonds. The topological polar surface area (TPSA) is 183 Å². The minimum Gasteiger partial charge on any atom is -0.501 e. The smallest absolute Gasteiger partial charge is 0.416 e. The van der Waals surface area contributed by atoms with Crippen LogP contribution in [0.3, 0.4) is 0 Å². The third-order valence-corrected chi connectivity index (χ3v) is 8.20. The minimum atomic E-state index is -4.60. The van der Waals surface area contributed by atoms with E-state index in [4.69, 9.17) is 16.3 Å². The maximum Gasteiger partial charge on any atom is 0.416 e. The van der Waals surface area contributed by atoms with Gasteiger partial charge in [0.2, 0.25) is 17.6 Å². The van der Waals surface area contributed by atoms with E-state index in [1.54, 1.807) is 30.8 Å². The molecule has 264 valence electrons. The molecule has 1 aromatic carbocycles. The molecule has 0 spiro atoms. The average Bonchev–Trinajstić information content (AvgIpc) is 3.04. The predicted octanol–water partition coefficient (Wildman–Crippen LogP) is 1.69. The first-order chi connectivity index (χ1) is 23.2. The van der Waals surface area contributed by atoms with Crippen LogP contribution in [0.15, 0.2) is 34.4 Å². The summed E-state index contributed by atoms with van der Waals surface area (Å²) >= 11 is 5.98. The van der Waals surface area contributed by atoms with Crippen molar-refractivity contribution in [3.05, 3.63) is 62.1 Å². The highest BCUT2D eigenvalue weighted by Crippen LogP contribution is 2.33. The van der Waals surface area contributed by atoms with Gasteiger partial charge in [0.05, 0.1) is 36.0 Å². The number of piperazine rings is 1. The molecule has 20 heteroatoms. The van der Waals surface area contributed by atoms with Crippen LogP contribution in [0.25, 0.3) is 0 Å². The summed E-state index contributed by atoms with van der Waals surface area (Å²) in [5.41, 5.74) is -1.58. The van der Waals surface area contributed by atoms with Crippen LogP contribution in [0, 0.1) is 0 Å². The first kappa shape index (κ1) is 35.3. The molecule has 0 saturated carbocycles. The summed E-state index contributed by atoms with van der Waals surface area (Å²) in [4.78, 5) is 62.7. The number of rotatable bonds is 9. The zero-order valence-corrected chi connectivity index (χ0v) is 27.5. The van der Waals surface area contributed by atoms with Gasteiger partial charge >= 0.3 is 12.1 Å². The van der Waals surface area contributed by atoms with Gasteiger partial charge in [0, 0.05) is 46.0 Å². The second-order valence-corrected chi connectivity index (χ2v) is 11.7. The van der Waals surface area contributed by atoms with Gasteiger partial charge in [-0.15, -0.1) is 9.90 Å². The van der Waals surface area contributed by atoms with E-state index in [1.165, 1.54) is 9.47 Å². The predicted molar refractivity (Wildman–Crippen MR) is 169 cm³/mol. The molecule has 0 atom stereocenters. The maximum absolute atomic E-state index is 13.8. The average molecular weight is 711 g/mol. The number of carbonyl (C=O) groups excluding carboxylic acids is 3. The lowest BCUT2D eigenvalue weighted by molar-refractivity contribution is -0.137. The Morgan fingerprint density at radius 3 is 2.41 bits per heavy atom. The minimum absolute atomic E-state index is 0.0184. The van der Waals surface area contributed by atoms with Crippen LogP contribution in [0.1, 0.15) is 40.0 Å². The van der Waals surface area contributed by atoms with E-state index >= 15 is 0 Å². The summed E-state index contributed by atoms with van der Waals surface area (Å²) < 4.78 is 45.7. The van der Waals surface area contributed by atoms with Gasteiger partial charge in [-0.1, -0.05) is 18.5 Å². The fourth-order valence-corrected chi connectivity index (χ4v) is 5.49. The molecule has 3 aromatic rings. The largest absolute Gasteiger partial charge is 0.501 e. The van der Waals surface area contributed by atoms with Crippen LogP contribution < -0.4 is 21.1 Å². The summed E-state index contributed by atoms with van der Waals surface area (Å²) in [7, 11) is 3.47. The summed E-state index contributed by atoms with van der Waals surface area (Å²) in [5, 5.41) is 22.7. The van der Waals surface area contributed by atoms with Gasteiger partial charge in [0.25, 0.3) is 11.5 Å². The molecule has 2 aliphatic rings. The number of benzene rings is 1. The van der Waals surface area contributed by atoms with Gasteiger partial charge in [0.1, 0.15) is 18.1 Å². The number of alkyl halides is 3. The molecule has 0 radical (unpaired) electrons. The standard InChI is InChI=1S/C29H34ClF3N10O6/c1-4-18(34-14-21(44)35-19-6-5-16(13-17(19)30)29(31,32)33)23(26(47)43-37-28(38-43)39(2)3)40-7-9-41(10-8-40)25(46)22-24(45)27(48)42-11-12-49-15-20(42)36-22/h5-6,13,34,45H,4,7-12,14-15H2,1-3H3,(H,35,44)(H,37,38)/b23-18+. The van der Waals surface area contributed by atoms with Crippen LogP contribution >= 0.6 is 11.6 Å². The zero-order valence-electron chi connectivity index (χ0n) is 26.7. The quantitative estimate of drug-likeness (QED) is 0.237. The Morgan fingerprint density at radius 2 is 1.80 bits per heavy atom. The number of carbonyl (C=O) groups is 3. The van der Waals surface area contributed by atoms with Crippen molar-refractivity contribution in [2.75, 3.05) is 63.6 Å². The number of nitrogens with zero attached hydrogens (tertiary/aromatic N) is 7. The van der Waals surface area contributed by atoms with Gasteiger partial charge in [-0.25, -0.2) is 10.1 Å². The number of H-pyrrole nitrogens is 1. The number of aromatic hydroxyl groups is 1. The lowest BCUT2D eigenvalue weighted by atomic mass is 10.1. The molecule has 1 saturated heterocycles. The molecule has 0 aliphatic carbocycles. The summed E-state index contributed by atoms with van der Waals surface area (Å²) in [5.74, 6) is -1.93.